The molecule has 1 aliphatic heterocycles. The van der Waals surface area contributed by atoms with Crippen molar-refractivity contribution in [2.24, 2.45) is 5.73 Å². The molecule has 0 aliphatic carbocycles. The summed E-state index contributed by atoms with van der Waals surface area (Å²) in [5, 5.41) is 0. The molecule has 20 heavy (non-hydrogen) atoms. The van der Waals surface area contributed by atoms with Crippen LogP contribution >= 0.6 is 0 Å². The third-order valence-corrected chi connectivity index (χ3v) is 2.94. The van der Waals surface area contributed by atoms with Crippen molar-refractivity contribution in [1.82, 2.24) is 0 Å². The van der Waals surface area contributed by atoms with Gasteiger partial charge in [0.05, 0.1) is 33.0 Å². The lowest BCUT2D eigenvalue weighted by Crippen LogP contribution is -2.20. The van der Waals surface area contributed by atoms with E-state index in [-0.39, 0.29) is 19.3 Å². The first-order chi connectivity index (χ1) is 9.70. The van der Waals surface area contributed by atoms with Gasteiger partial charge in [-0.25, -0.2) is 4.79 Å². The normalized spacial score (nSPS) is 15.3. The molecule has 1 unspecified atom stereocenters. The summed E-state index contributed by atoms with van der Waals surface area (Å²) in [7, 11) is 1.31. The van der Waals surface area contributed by atoms with Crippen molar-refractivity contribution in [3.05, 3.63) is 23.8 Å². The number of benzene rings is 1. The van der Waals surface area contributed by atoms with Gasteiger partial charge in [0, 0.05) is 6.42 Å². The van der Waals surface area contributed by atoms with Gasteiger partial charge >= 0.3 is 5.97 Å². The predicted octanol–water partition coefficient (Wildman–Crippen LogP) is 1.04. The fraction of sp³-hybridized carbons (Fsp3) is 0.500. The Morgan fingerprint density at radius 1 is 1.35 bits per heavy atom. The summed E-state index contributed by atoms with van der Waals surface area (Å²) in [5.74, 6) is 1.01. The van der Waals surface area contributed by atoms with Crippen LogP contribution in [0.25, 0.3) is 0 Å². The van der Waals surface area contributed by atoms with Gasteiger partial charge in [0.25, 0.3) is 0 Å². The molecule has 1 aliphatic rings. The van der Waals surface area contributed by atoms with Crippen LogP contribution in [0.15, 0.2) is 18.2 Å². The second-order valence-electron chi connectivity index (χ2n) is 4.45. The molecule has 6 heteroatoms. The van der Waals surface area contributed by atoms with E-state index in [1.807, 2.05) is 18.2 Å². The van der Waals surface area contributed by atoms with Crippen LogP contribution in [0.5, 0.6) is 11.5 Å². The molecular formula is C14H19NO5. The van der Waals surface area contributed by atoms with Crippen LogP contribution in [0, 0.1) is 0 Å². The highest BCUT2D eigenvalue weighted by Crippen LogP contribution is 2.31. The largest absolute Gasteiger partial charge is 0.490 e. The lowest BCUT2D eigenvalue weighted by Gasteiger charge is -2.14. The molecule has 0 radical (unpaired) electrons. The third-order valence-electron chi connectivity index (χ3n) is 2.94. The van der Waals surface area contributed by atoms with Gasteiger partial charge in [0.15, 0.2) is 11.5 Å². The topological polar surface area (TPSA) is 80.0 Å². The maximum Gasteiger partial charge on any atom is 0.331 e. The molecule has 1 heterocycles. The van der Waals surface area contributed by atoms with Crippen LogP contribution in [0.1, 0.15) is 18.0 Å². The molecule has 2 rings (SSSR count). The number of esters is 1. The molecule has 0 saturated heterocycles. The van der Waals surface area contributed by atoms with Gasteiger partial charge in [0.1, 0.15) is 6.61 Å². The van der Waals surface area contributed by atoms with E-state index >= 15 is 0 Å². The summed E-state index contributed by atoms with van der Waals surface area (Å²) in [6.45, 7) is 1.41. The number of methoxy groups -OCH3 is 1. The second kappa shape index (κ2) is 7.12. The number of rotatable bonds is 5. The highest BCUT2D eigenvalue weighted by atomic mass is 16.6. The Balaban J connectivity index is 1.94. The monoisotopic (exact) mass is 281 g/mol. The Morgan fingerprint density at radius 3 is 2.85 bits per heavy atom. The Kier molecular flexibility index (Phi) is 5.20. The van der Waals surface area contributed by atoms with E-state index in [9.17, 15) is 4.79 Å². The lowest BCUT2D eigenvalue weighted by atomic mass is 10.1. The highest BCUT2D eigenvalue weighted by molar-refractivity contribution is 5.70. The number of fused-ring (bicyclic) bond motifs is 1. The molecule has 1 aromatic carbocycles. The molecule has 0 fully saturated rings. The molecule has 2 N–H and O–H groups in total. The Morgan fingerprint density at radius 2 is 2.10 bits per heavy atom. The van der Waals surface area contributed by atoms with Gasteiger partial charge in [0.2, 0.25) is 0 Å². The van der Waals surface area contributed by atoms with Gasteiger partial charge in [-0.1, -0.05) is 6.07 Å². The van der Waals surface area contributed by atoms with Crippen LogP contribution in [0.3, 0.4) is 0 Å². The van der Waals surface area contributed by atoms with E-state index in [0.717, 1.165) is 17.7 Å². The van der Waals surface area contributed by atoms with Crippen LogP contribution < -0.4 is 15.2 Å². The molecule has 1 aromatic rings. The van der Waals surface area contributed by atoms with Crippen LogP contribution in [-0.2, 0) is 14.3 Å². The van der Waals surface area contributed by atoms with Crippen molar-refractivity contribution < 1.29 is 23.7 Å². The predicted molar refractivity (Wildman–Crippen MR) is 71.8 cm³/mol. The minimum atomic E-state index is -0.420. The summed E-state index contributed by atoms with van der Waals surface area (Å²) in [4.78, 5) is 10.9. The minimum absolute atomic E-state index is 0.102. The number of nitrogens with two attached hydrogens (primary N) is 1. The fourth-order valence-electron chi connectivity index (χ4n) is 1.83. The number of ether oxygens (including phenoxy) is 4. The lowest BCUT2D eigenvalue weighted by molar-refractivity contribution is -0.146. The Bertz CT molecular complexity index is 463. The number of carbonyl (C=O) groups excluding carboxylic acids is 1. The molecule has 0 saturated carbocycles. The molecule has 6 nitrogen and oxygen atoms in total. The molecular weight excluding hydrogens is 262 g/mol. The molecule has 0 spiro atoms. The zero-order valence-corrected chi connectivity index (χ0v) is 11.5. The van der Waals surface area contributed by atoms with Crippen molar-refractivity contribution >= 4 is 5.97 Å². The van der Waals surface area contributed by atoms with E-state index < -0.39 is 5.97 Å². The first kappa shape index (κ1) is 14.6. The van der Waals surface area contributed by atoms with Crippen LogP contribution in [-0.4, -0.2) is 39.5 Å². The molecule has 0 amide bonds. The zero-order chi connectivity index (χ0) is 14.4. The van der Waals surface area contributed by atoms with Crippen molar-refractivity contribution in [3.63, 3.8) is 0 Å². The molecule has 1 atom stereocenters. The van der Waals surface area contributed by atoms with Crippen LogP contribution in [0.2, 0.25) is 0 Å². The summed E-state index contributed by atoms with van der Waals surface area (Å²) in [5.41, 5.74) is 6.90. The average molecular weight is 281 g/mol. The molecule has 0 aromatic heterocycles. The van der Waals surface area contributed by atoms with Gasteiger partial charge in [-0.3, -0.25) is 0 Å². The zero-order valence-electron chi connectivity index (χ0n) is 11.5. The molecule has 0 bridgehead atoms. The summed E-state index contributed by atoms with van der Waals surface area (Å²) < 4.78 is 20.8. The third kappa shape index (κ3) is 3.85. The van der Waals surface area contributed by atoms with Crippen molar-refractivity contribution in [1.29, 1.82) is 0 Å². The maximum absolute atomic E-state index is 10.9. The molecule has 110 valence electrons. The van der Waals surface area contributed by atoms with Crippen molar-refractivity contribution in [2.45, 2.75) is 12.5 Å². The van der Waals surface area contributed by atoms with Gasteiger partial charge in [-0.05, 0) is 17.7 Å². The first-order valence-corrected chi connectivity index (χ1v) is 6.50. The fourth-order valence-corrected chi connectivity index (χ4v) is 1.83. The van der Waals surface area contributed by atoms with Crippen molar-refractivity contribution in [2.75, 3.05) is 33.5 Å². The number of hydrogen-bond acceptors (Lipinski definition) is 6. The van der Waals surface area contributed by atoms with E-state index in [2.05, 4.69) is 4.74 Å². The first-order valence-electron chi connectivity index (χ1n) is 6.50. The maximum atomic E-state index is 10.9. The summed E-state index contributed by atoms with van der Waals surface area (Å²) in [6.07, 6.45) is 0.859. The summed E-state index contributed by atoms with van der Waals surface area (Å²) in [6, 6.07) is 5.24. The smallest absolute Gasteiger partial charge is 0.331 e. The van der Waals surface area contributed by atoms with Crippen molar-refractivity contribution in [3.8, 4) is 11.5 Å². The Labute approximate surface area is 117 Å². The number of hydrogen-bond donors (Lipinski definition) is 1. The quantitative estimate of drug-likeness (QED) is 0.812. The van der Waals surface area contributed by atoms with E-state index in [4.69, 9.17) is 19.9 Å². The van der Waals surface area contributed by atoms with E-state index in [1.54, 1.807) is 0 Å². The van der Waals surface area contributed by atoms with Gasteiger partial charge < -0.3 is 24.7 Å². The van der Waals surface area contributed by atoms with E-state index in [1.165, 1.54) is 7.11 Å². The van der Waals surface area contributed by atoms with Gasteiger partial charge in [-0.15, -0.1) is 0 Å². The minimum Gasteiger partial charge on any atom is -0.490 e. The Hall–Kier alpha value is -1.79. The highest BCUT2D eigenvalue weighted by Gasteiger charge is 2.14. The van der Waals surface area contributed by atoms with Crippen LogP contribution in [0.4, 0.5) is 0 Å². The van der Waals surface area contributed by atoms with E-state index in [0.29, 0.717) is 19.0 Å². The average Bonchev–Trinajstić information content (AvgIpc) is 2.71. The summed E-state index contributed by atoms with van der Waals surface area (Å²) >= 11 is 0. The second-order valence-corrected chi connectivity index (χ2v) is 4.45. The number of carbonyl (C=O) groups is 1. The standard InChI is InChI=1S/C14H19NO5/c1-17-14(16)9-18-8-11(15)10-3-4-12-13(7-10)20-6-2-5-19-12/h3-4,7,11H,2,5-6,8-9,15H2,1H3. The van der Waals surface area contributed by atoms with Gasteiger partial charge in [-0.2, -0.15) is 0 Å². The SMILES string of the molecule is COC(=O)COCC(N)c1ccc2c(c1)OCCCO2.